The molecule has 0 aliphatic rings. The summed E-state index contributed by atoms with van der Waals surface area (Å²) in [7, 11) is 1.67. The summed E-state index contributed by atoms with van der Waals surface area (Å²) in [6.07, 6.45) is 0.932. The summed E-state index contributed by atoms with van der Waals surface area (Å²) in [5.74, 6) is 0.841. The monoisotopic (exact) mass is 344 g/mol. The van der Waals surface area contributed by atoms with E-state index in [1.165, 1.54) is 16.7 Å². The van der Waals surface area contributed by atoms with Crippen molar-refractivity contribution < 1.29 is 4.74 Å². The van der Waals surface area contributed by atoms with Gasteiger partial charge in [0.25, 0.3) is 0 Å². The van der Waals surface area contributed by atoms with Crippen LogP contribution in [0.2, 0.25) is 0 Å². The first kappa shape index (κ1) is 16.2. The van der Waals surface area contributed by atoms with Gasteiger partial charge in [0.2, 0.25) is 0 Å². The van der Waals surface area contributed by atoms with Crippen molar-refractivity contribution in [1.29, 1.82) is 0 Å². The Bertz CT molecular complexity index is 1120. The van der Waals surface area contributed by atoms with Gasteiger partial charge in [0.1, 0.15) is 5.75 Å². The molecule has 4 rings (SSSR count). The lowest BCUT2D eigenvalue weighted by molar-refractivity contribution is 0.415. The fourth-order valence-corrected chi connectivity index (χ4v) is 3.43. The predicted molar refractivity (Wildman–Crippen MR) is 106 cm³/mol. The standard InChI is InChI=1S/C22H20N2O2/c1-3-14-5-4-6-18(15-7-10-17(26-2)11-8-15)21(14)16-9-12-19-20(13-16)24-22(25)23-19/h4-13H,3H2,1-2H3,(H2,23,24,25). The van der Waals surface area contributed by atoms with E-state index in [1.807, 2.05) is 24.3 Å². The zero-order valence-corrected chi connectivity index (χ0v) is 14.8. The Hall–Kier alpha value is -3.27. The number of fused-ring (bicyclic) bond motifs is 1. The molecule has 1 aromatic heterocycles. The van der Waals surface area contributed by atoms with Gasteiger partial charge in [-0.3, -0.25) is 0 Å². The molecule has 0 unspecified atom stereocenters. The van der Waals surface area contributed by atoms with Gasteiger partial charge in [-0.05, 0) is 58.5 Å². The van der Waals surface area contributed by atoms with E-state index in [9.17, 15) is 4.79 Å². The normalized spacial score (nSPS) is 11.0. The molecule has 0 atom stereocenters. The average molecular weight is 344 g/mol. The molecule has 0 radical (unpaired) electrons. The lowest BCUT2D eigenvalue weighted by Gasteiger charge is -2.15. The smallest absolute Gasteiger partial charge is 0.323 e. The van der Waals surface area contributed by atoms with Crippen molar-refractivity contribution in [3.8, 4) is 28.0 Å². The second kappa shape index (κ2) is 6.56. The summed E-state index contributed by atoms with van der Waals surface area (Å²) >= 11 is 0. The average Bonchev–Trinajstić information content (AvgIpc) is 3.06. The molecule has 26 heavy (non-hydrogen) atoms. The number of aromatic amines is 2. The molecule has 1 heterocycles. The van der Waals surface area contributed by atoms with Gasteiger partial charge in [-0.1, -0.05) is 43.3 Å². The molecule has 4 aromatic rings. The zero-order chi connectivity index (χ0) is 18.1. The molecule has 0 saturated carbocycles. The number of imidazole rings is 1. The molecule has 2 N–H and O–H groups in total. The van der Waals surface area contributed by atoms with Crippen LogP contribution in [0, 0.1) is 0 Å². The largest absolute Gasteiger partial charge is 0.497 e. The SMILES string of the molecule is CCc1cccc(-c2ccc(OC)cc2)c1-c1ccc2[nH]c(=O)[nH]c2c1. The van der Waals surface area contributed by atoms with E-state index in [1.54, 1.807) is 7.11 Å². The fourth-order valence-electron chi connectivity index (χ4n) is 3.43. The molecular formula is C22H20N2O2. The Kier molecular flexibility index (Phi) is 4.09. The number of H-pyrrole nitrogens is 2. The zero-order valence-electron chi connectivity index (χ0n) is 14.8. The summed E-state index contributed by atoms with van der Waals surface area (Å²) in [6.45, 7) is 2.16. The minimum atomic E-state index is -0.184. The Balaban J connectivity index is 1.93. The van der Waals surface area contributed by atoms with Gasteiger partial charge in [-0.25, -0.2) is 4.79 Å². The lowest BCUT2D eigenvalue weighted by atomic mass is 9.89. The third kappa shape index (κ3) is 2.80. The number of methoxy groups -OCH3 is 1. The lowest BCUT2D eigenvalue weighted by Crippen LogP contribution is -1.99. The number of nitrogens with one attached hydrogen (secondary N) is 2. The van der Waals surface area contributed by atoms with Crippen molar-refractivity contribution >= 4 is 11.0 Å². The minimum Gasteiger partial charge on any atom is -0.497 e. The van der Waals surface area contributed by atoms with Crippen LogP contribution in [0.25, 0.3) is 33.3 Å². The first-order valence-corrected chi connectivity index (χ1v) is 8.68. The third-order valence-electron chi connectivity index (χ3n) is 4.74. The maximum absolute atomic E-state index is 11.6. The molecular weight excluding hydrogens is 324 g/mol. The van der Waals surface area contributed by atoms with Crippen LogP contribution < -0.4 is 10.4 Å². The van der Waals surface area contributed by atoms with Gasteiger partial charge in [-0.2, -0.15) is 0 Å². The number of hydrogen-bond donors (Lipinski definition) is 2. The van der Waals surface area contributed by atoms with E-state index in [0.29, 0.717) is 0 Å². The van der Waals surface area contributed by atoms with Gasteiger partial charge in [-0.15, -0.1) is 0 Å². The topological polar surface area (TPSA) is 57.9 Å². The molecule has 0 aliphatic carbocycles. The Morgan fingerprint density at radius 2 is 1.62 bits per heavy atom. The number of benzene rings is 3. The van der Waals surface area contributed by atoms with Crippen LogP contribution in [0.5, 0.6) is 5.75 Å². The summed E-state index contributed by atoms with van der Waals surface area (Å²) in [5.41, 5.74) is 7.33. The third-order valence-corrected chi connectivity index (χ3v) is 4.74. The Morgan fingerprint density at radius 1 is 0.885 bits per heavy atom. The van der Waals surface area contributed by atoms with Crippen LogP contribution in [0.4, 0.5) is 0 Å². The first-order valence-electron chi connectivity index (χ1n) is 8.68. The highest BCUT2D eigenvalue weighted by Crippen LogP contribution is 2.36. The van der Waals surface area contributed by atoms with Crippen LogP contribution >= 0.6 is 0 Å². The van der Waals surface area contributed by atoms with Crippen LogP contribution in [0.15, 0.2) is 65.5 Å². The highest BCUT2D eigenvalue weighted by atomic mass is 16.5. The van der Waals surface area contributed by atoms with Gasteiger partial charge < -0.3 is 14.7 Å². The highest BCUT2D eigenvalue weighted by Gasteiger charge is 2.13. The van der Waals surface area contributed by atoms with Gasteiger partial charge in [0.05, 0.1) is 18.1 Å². The van der Waals surface area contributed by atoms with Crippen molar-refractivity contribution in [3.05, 3.63) is 76.7 Å². The molecule has 4 heteroatoms. The van der Waals surface area contributed by atoms with Gasteiger partial charge in [0.15, 0.2) is 0 Å². The van der Waals surface area contributed by atoms with E-state index < -0.39 is 0 Å². The van der Waals surface area contributed by atoms with Crippen molar-refractivity contribution in [2.45, 2.75) is 13.3 Å². The Morgan fingerprint density at radius 3 is 2.35 bits per heavy atom. The maximum Gasteiger partial charge on any atom is 0.323 e. The summed E-state index contributed by atoms with van der Waals surface area (Å²) in [6, 6.07) is 20.6. The molecule has 0 bridgehead atoms. The van der Waals surface area contributed by atoms with Gasteiger partial charge >= 0.3 is 5.69 Å². The summed E-state index contributed by atoms with van der Waals surface area (Å²) in [5, 5.41) is 0. The molecule has 0 fully saturated rings. The van der Waals surface area contributed by atoms with Crippen LogP contribution in [0.1, 0.15) is 12.5 Å². The molecule has 130 valence electrons. The molecule has 3 aromatic carbocycles. The van der Waals surface area contributed by atoms with E-state index in [-0.39, 0.29) is 5.69 Å². The van der Waals surface area contributed by atoms with Crippen LogP contribution in [0.3, 0.4) is 0 Å². The van der Waals surface area contributed by atoms with Crippen LogP contribution in [-0.2, 0) is 6.42 Å². The second-order valence-corrected chi connectivity index (χ2v) is 6.26. The van der Waals surface area contributed by atoms with Gasteiger partial charge in [0, 0.05) is 0 Å². The maximum atomic E-state index is 11.6. The molecule has 0 spiro atoms. The first-order chi connectivity index (χ1) is 12.7. The molecule has 0 saturated heterocycles. The molecule has 4 nitrogen and oxygen atoms in total. The number of hydrogen-bond acceptors (Lipinski definition) is 2. The predicted octanol–water partition coefficient (Wildman–Crippen LogP) is 4.76. The minimum absolute atomic E-state index is 0.184. The van der Waals surface area contributed by atoms with Crippen molar-refractivity contribution in [3.63, 3.8) is 0 Å². The van der Waals surface area contributed by atoms with E-state index in [4.69, 9.17) is 4.74 Å². The number of aryl methyl sites for hydroxylation is 1. The second-order valence-electron chi connectivity index (χ2n) is 6.26. The van der Waals surface area contributed by atoms with Crippen molar-refractivity contribution in [2.75, 3.05) is 7.11 Å². The highest BCUT2D eigenvalue weighted by molar-refractivity contribution is 5.90. The Labute approximate surface area is 151 Å². The van der Waals surface area contributed by atoms with E-state index >= 15 is 0 Å². The molecule has 0 aliphatic heterocycles. The van der Waals surface area contributed by atoms with Crippen LogP contribution in [-0.4, -0.2) is 17.1 Å². The summed E-state index contributed by atoms with van der Waals surface area (Å²) < 4.78 is 5.28. The van der Waals surface area contributed by atoms with E-state index in [2.05, 4.69) is 53.3 Å². The van der Waals surface area contributed by atoms with Crippen molar-refractivity contribution in [2.24, 2.45) is 0 Å². The number of rotatable bonds is 4. The van der Waals surface area contributed by atoms with Crippen molar-refractivity contribution in [1.82, 2.24) is 9.97 Å². The fraction of sp³-hybridized carbons (Fsp3) is 0.136. The number of ether oxygens (including phenoxy) is 1. The summed E-state index contributed by atoms with van der Waals surface area (Å²) in [4.78, 5) is 17.2. The quantitative estimate of drug-likeness (QED) is 0.561. The van der Waals surface area contributed by atoms with E-state index in [0.717, 1.165) is 34.3 Å². The number of aromatic nitrogens is 2. The molecule has 0 amide bonds.